The monoisotopic (exact) mass is 423 g/mol. The van der Waals surface area contributed by atoms with Crippen LogP contribution in [0.15, 0.2) is 4.79 Å². The molecule has 8 nitrogen and oxygen atoms in total. The van der Waals surface area contributed by atoms with Crippen LogP contribution >= 0.6 is 24.0 Å². The molecule has 1 aromatic heterocycles. The van der Waals surface area contributed by atoms with E-state index in [0.29, 0.717) is 21.7 Å². The largest absolute Gasteiger partial charge is 0.451 e. The molecule has 2 fully saturated rings. The van der Waals surface area contributed by atoms with E-state index >= 15 is 0 Å². The zero-order valence-electron chi connectivity index (χ0n) is 14.2. The molecule has 0 unspecified atom stereocenters. The molecule has 2 amide bonds. The van der Waals surface area contributed by atoms with Gasteiger partial charge in [0, 0.05) is 20.1 Å². The van der Waals surface area contributed by atoms with Crippen LogP contribution in [0.25, 0.3) is 0 Å². The van der Waals surface area contributed by atoms with E-state index < -0.39 is 23.7 Å². The van der Waals surface area contributed by atoms with E-state index in [2.05, 4.69) is 5.10 Å². The van der Waals surface area contributed by atoms with E-state index in [9.17, 15) is 27.6 Å². The van der Waals surface area contributed by atoms with Gasteiger partial charge in [0.2, 0.25) is 17.6 Å². The summed E-state index contributed by atoms with van der Waals surface area (Å²) in [6.07, 6.45) is -4.12. The number of alkyl halides is 3. The number of hydrogen-bond donors (Lipinski definition) is 0. The molecule has 2 aliphatic rings. The first-order valence-electron chi connectivity index (χ1n) is 8.07. The highest BCUT2D eigenvalue weighted by Gasteiger charge is 2.39. The summed E-state index contributed by atoms with van der Waals surface area (Å²) in [5.41, 5.74) is -0.836. The van der Waals surface area contributed by atoms with Crippen LogP contribution in [-0.4, -0.2) is 65.7 Å². The average molecular weight is 423 g/mol. The van der Waals surface area contributed by atoms with Gasteiger partial charge in [0.05, 0.1) is 11.8 Å². The zero-order valence-corrected chi connectivity index (χ0v) is 15.9. The maximum atomic E-state index is 12.9. The van der Waals surface area contributed by atoms with Crippen molar-refractivity contribution in [2.24, 2.45) is 7.05 Å². The van der Waals surface area contributed by atoms with Gasteiger partial charge >= 0.3 is 11.9 Å². The first kappa shape index (κ1) is 19.9. The lowest BCUT2D eigenvalue weighted by Crippen LogP contribution is -2.46. The number of likely N-dealkylation sites (tertiary alicyclic amines) is 1. The number of hydrogen-bond acceptors (Lipinski definition) is 6. The zero-order chi connectivity index (χ0) is 19.9. The SMILES string of the molecule is Cn1c(C(F)(F)F)nn(C2CCN(C(=O)CN3C(=O)CSC3=S)CC2)c1=O. The number of halogens is 3. The van der Waals surface area contributed by atoms with Crippen LogP contribution in [0.3, 0.4) is 0 Å². The molecule has 0 aromatic carbocycles. The number of piperidine rings is 1. The number of amides is 2. The molecule has 2 saturated heterocycles. The predicted octanol–water partition coefficient (Wildman–Crippen LogP) is 0.624. The maximum Gasteiger partial charge on any atom is 0.451 e. The maximum absolute atomic E-state index is 12.9. The molecule has 0 aliphatic carbocycles. The Kier molecular flexibility index (Phi) is 5.34. The van der Waals surface area contributed by atoms with Gasteiger partial charge in [0.1, 0.15) is 10.9 Å². The van der Waals surface area contributed by atoms with Gasteiger partial charge in [0.25, 0.3) is 0 Å². The Morgan fingerprint density at radius 1 is 1.30 bits per heavy atom. The second kappa shape index (κ2) is 7.26. The van der Waals surface area contributed by atoms with Crippen LogP contribution < -0.4 is 5.69 Å². The second-order valence-electron chi connectivity index (χ2n) is 6.25. The fourth-order valence-corrected chi connectivity index (χ4v) is 4.14. The molecule has 0 saturated carbocycles. The van der Waals surface area contributed by atoms with Crippen molar-refractivity contribution >= 4 is 40.1 Å². The lowest BCUT2D eigenvalue weighted by molar-refractivity contribution is -0.147. The lowest BCUT2D eigenvalue weighted by Gasteiger charge is -2.32. The third-order valence-corrected chi connectivity index (χ3v) is 5.99. The Hall–Kier alpha value is -1.89. The van der Waals surface area contributed by atoms with Gasteiger partial charge < -0.3 is 4.90 Å². The molecule has 3 heterocycles. The summed E-state index contributed by atoms with van der Waals surface area (Å²) in [5.74, 6) is -1.52. The van der Waals surface area contributed by atoms with Crippen molar-refractivity contribution in [3.63, 3.8) is 0 Å². The topological polar surface area (TPSA) is 80.4 Å². The Morgan fingerprint density at radius 3 is 2.41 bits per heavy atom. The van der Waals surface area contributed by atoms with Crippen LogP contribution in [0.2, 0.25) is 0 Å². The van der Waals surface area contributed by atoms with E-state index in [1.54, 1.807) is 0 Å². The van der Waals surface area contributed by atoms with E-state index in [1.165, 1.54) is 21.6 Å². The summed E-state index contributed by atoms with van der Waals surface area (Å²) in [6, 6.07) is -0.520. The highest BCUT2D eigenvalue weighted by molar-refractivity contribution is 8.23. The third-order valence-electron chi connectivity index (χ3n) is 4.55. The van der Waals surface area contributed by atoms with Crippen LogP contribution in [0.4, 0.5) is 13.2 Å². The first-order chi connectivity index (χ1) is 12.6. The molecule has 13 heteroatoms. The summed E-state index contributed by atoms with van der Waals surface area (Å²) in [4.78, 5) is 38.9. The Balaban J connectivity index is 1.64. The minimum atomic E-state index is -4.71. The van der Waals surface area contributed by atoms with Gasteiger partial charge in [-0.25, -0.2) is 9.48 Å². The minimum Gasteiger partial charge on any atom is -0.341 e. The fourth-order valence-electron chi connectivity index (χ4n) is 3.07. The molecule has 1 aromatic rings. The molecule has 2 aliphatic heterocycles. The number of nitrogens with zero attached hydrogens (tertiary/aromatic N) is 5. The lowest BCUT2D eigenvalue weighted by atomic mass is 10.1. The number of carbonyl (C=O) groups is 2. The summed E-state index contributed by atoms with van der Waals surface area (Å²) >= 11 is 6.24. The van der Waals surface area contributed by atoms with Crippen LogP contribution in [-0.2, 0) is 22.8 Å². The number of thioether (sulfide) groups is 1. The highest BCUT2D eigenvalue weighted by Crippen LogP contribution is 2.28. The minimum absolute atomic E-state index is 0.142. The summed E-state index contributed by atoms with van der Waals surface area (Å²) in [5, 5.41) is 3.44. The van der Waals surface area contributed by atoms with Gasteiger partial charge in [-0.3, -0.25) is 19.1 Å². The molecule has 0 spiro atoms. The van der Waals surface area contributed by atoms with Crippen molar-refractivity contribution in [1.29, 1.82) is 0 Å². The van der Waals surface area contributed by atoms with Crippen molar-refractivity contribution in [1.82, 2.24) is 24.1 Å². The molecule has 0 N–H and O–H groups in total. The van der Waals surface area contributed by atoms with E-state index in [0.717, 1.165) is 11.7 Å². The standard InChI is InChI=1S/C14H16F3N5O3S2/c1-19-11(14(15,16)17)18-22(12(19)25)8-2-4-20(5-3-8)9(23)6-21-10(24)7-27-13(21)26/h8H,2-7H2,1H3. The van der Waals surface area contributed by atoms with Crippen molar-refractivity contribution in [2.45, 2.75) is 25.1 Å². The first-order valence-corrected chi connectivity index (χ1v) is 9.46. The number of rotatable bonds is 3. The van der Waals surface area contributed by atoms with Crippen molar-refractivity contribution in [3.8, 4) is 0 Å². The van der Waals surface area contributed by atoms with Gasteiger partial charge in [-0.15, -0.1) is 5.10 Å². The molecule has 27 heavy (non-hydrogen) atoms. The van der Waals surface area contributed by atoms with E-state index in [-0.39, 0.29) is 37.2 Å². The summed E-state index contributed by atoms with van der Waals surface area (Å²) < 4.78 is 40.4. The van der Waals surface area contributed by atoms with Crippen LogP contribution in [0, 0.1) is 0 Å². The van der Waals surface area contributed by atoms with Crippen molar-refractivity contribution in [3.05, 3.63) is 16.3 Å². The molecule has 0 radical (unpaired) electrons. The van der Waals surface area contributed by atoms with Gasteiger partial charge in [-0.05, 0) is 12.8 Å². The van der Waals surface area contributed by atoms with Crippen LogP contribution in [0.1, 0.15) is 24.7 Å². The van der Waals surface area contributed by atoms with E-state index in [1.807, 2.05) is 0 Å². The summed E-state index contributed by atoms with van der Waals surface area (Å²) in [6.45, 7) is 0.378. The van der Waals surface area contributed by atoms with Crippen molar-refractivity contribution in [2.75, 3.05) is 25.4 Å². The highest BCUT2D eigenvalue weighted by atomic mass is 32.2. The van der Waals surface area contributed by atoms with Crippen molar-refractivity contribution < 1.29 is 22.8 Å². The Morgan fingerprint density at radius 2 is 1.93 bits per heavy atom. The second-order valence-corrected chi connectivity index (χ2v) is 7.86. The molecular weight excluding hydrogens is 407 g/mol. The average Bonchev–Trinajstić information content (AvgIpc) is 3.09. The van der Waals surface area contributed by atoms with Crippen LogP contribution in [0.5, 0.6) is 0 Å². The fraction of sp³-hybridized carbons (Fsp3) is 0.643. The van der Waals surface area contributed by atoms with E-state index in [4.69, 9.17) is 12.2 Å². The van der Waals surface area contributed by atoms with Gasteiger partial charge in [-0.1, -0.05) is 24.0 Å². The Labute approximate surface area is 161 Å². The number of thiocarbonyl (C=S) groups is 1. The summed E-state index contributed by atoms with van der Waals surface area (Å²) in [7, 11) is 1.03. The molecule has 0 bridgehead atoms. The molecule has 0 atom stereocenters. The Bertz CT molecular complexity index is 826. The number of aromatic nitrogens is 3. The molecule has 3 rings (SSSR count). The molecule has 148 valence electrons. The normalized spacial score (nSPS) is 19.3. The third kappa shape index (κ3) is 3.88. The molecular formula is C14H16F3N5O3S2. The smallest absolute Gasteiger partial charge is 0.341 e. The number of carbonyl (C=O) groups excluding carboxylic acids is 2. The quantitative estimate of drug-likeness (QED) is 0.664. The van der Waals surface area contributed by atoms with Gasteiger partial charge in [0.15, 0.2) is 0 Å². The predicted molar refractivity (Wildman–Crippen MR) is 94.1 cm³/mol. The van der Waals surface area contributed by atoms with Gasteiger partial charge in [-0.2, -0.15) is 13.2 Å².